The zero-order chi connectivity index (χ0) is 20.2. The van der Waals surface area contributed by atoms with Crippen molar-refractivity contribution in [1.82, 2.24) is 15.1 Å². The second-order valence-electron chi connectivity index (χ2n) is 7.34. The van der Waals surface area contributed by atoms with Crippen LogP contribution < -0.4 is 10.6 Å². The first kappa shape index (κ1) is 19.0. The molecule has 1 fully saturated rings. The van der Waals surface area contributed by atoms with Gasteiger partial charge in [-0.1, -0.05) is 30.3 Å². The van der Waals surface area contributed by atoms with Crippen molar-refractivity contribution in [2.24, 2.45) is 0 Å². The maximum Gasteiger partial charge on any atom is 0.317 e. The van der Waals surface area contributed by atoms with E-state index in [0.717, 1.165) is 16.8 Å². The van der Waals surface area contributed by atoms with Gasteiger partial charge in [-0.05, 0) is 35.7 Å². The zero-order valence-electron chi connectivity index (χ0n) is 16.2. The van der Waals surface area contributed by atoms with E-state index in [1.54, 1.807) is 21.9 Å². The number of piperazine rings is 1. The van der Waals surface area contributed by atoms with Crippen molar-refractivity contribution < 1.29 is 14.4 Å². The van der Waals surface area contributed by atoms with E-state index in [1.807, 2.05) is 36.4 Å². The summed E-state index contributed by atoms with van der Waals surface area (Å²) in [6.45, 7) is 2.52. The Labute approximate surface area is 169 Å². The zero-order valence-corrected chi connectivity index (χ0v) is 16.2. The molecule has 2 heterocycles. The van der Waals surface area contributed by atoms with E-state index in [0.29, 0.717) is 51.1 Å². The molecule has 0 saturated carbocycles. The minimum atomic E-state index is -0.106. The average molecular weight is 392 g/mol. The topological polar surface area (TPSA) is 81.8 Å². The van der Waals surface area contributed by atoms with Crippen molar-refractivity contribution in [3.8, 4) is 0 Å². The highest BCUT2D eigenvalue weighted by Gasteiger charge is 2.25. The lowest BCUT2D eigenvalue weighted by Gasteiger charge is -2.35. The number of amides is 4. The van der Waals surface area contributed by atoms with E-state index < -0.39 is 0 Å². The number of aryl methyl sites for hydroxylation is 1. The Balaban J connectivity index is 1.30. The number of hydrogen-bond acceptors (Lipinski definition) is 3. The number of benzene rings is 2. The molecule has 0 atom stereocenters. The standard InChI is InChI=1S/C22H24N4O3/c27-20-9-7-17-14-18(6-8-19(17)24-20)21(28)25-10-12-26(13-11-25)22(29)23-15-16-4-2-1-3-5-16/h1-6,8,14H,7,9-13,15H2,(H,23,29)(H,24,27). The molecule has 29 heavy (non-hydrogen) atoms. The summed E-state index contributed by atoms with van der Waals surface area (Å²) in [5.41, 5.74) is 3.47. The van der Waals surface area contributed by atoms with Gasteiger partial charge in [-0.15, -0.1) is 0 Å². The van der Waals surface area contributed by atoms with E-state index in [-0.39, 0.29) is 17.8 Å². The summed E-state index contributed by atoms with van der Waals surface area (Å²) in [4.78, 5) is 40.2. The summed E-state index contributed by atoms with van der Waals surface area (Å²) < 4.78 is 0. The molecular weight excluding hydrogens is 368 g/mol. The van der Waals surface area contributed by atoms with Gasteiger partial charge >= 0.3 is 6.03 Å². The summed E-state index contributed by atoms with van der Waals surface area (Å²) in [6, 6.07) is 15.1. The summed E-state index contributed by atoms with van der Waals surface area (Å²) in [7, 11) is 0. The number of urea groups is 1. The lowest BCUT2D eigenvalue weighted by atomic mass is 10.00. The predicted molar refractivity (Wildman–Crippen MR) is 110 cm³/mol. The first-order valence-electron chi connectivity index (χ1n) is 9.89. The van der Waals surface area contributed by atoms with Gasteiger partial charge in [0.1, 0.15) is 0 Å². The third kappa shape index (κ3) is 4.39. The number of carbonyl (C=O) groups is 3. The molecule has 1 saturated heterocycles. The minimum absolute atomic E-state index is 0.0123. The van der Waals surface area contributed by atoms with Gasteiger partial charge in [0.2, 0.25) is 5.91 Å². The molecular formula is C22H24N4O3. The summed E-state index contributed by atoms with van der Waals surface area (Å²) in [5.74, 6) is -0.0210. The number of hydrogen-bond donors (Lipinski definition) is 2. The number of carbonyl (C=O) groups excluding carboxylic acids is 3. The fourth-order valence-electron chi connectivity index (χ4n) is 3.70. The number of nitrogens with one attached hydrogen (secondary N) is 2. The highest BCUT2D eigenvalue weighted by Crippen LogP contribution is 2.24. The van der Waals surface area contributed by atoms with Gasteiger partial charge in [0.15, 0.2) is 0 Å². The maximum absolute atomic E-state index is 12.9. The van der Waals surface area contributed by atoms with E-state index in [4.69, 9.17) is 0 Å². The van der Waals surface area contributed by atoms with Crippen LogP contribution in [0.1, 0.15) is 27.9 Å². The van der Waals surface area contributed by atoms with Crippen molar-refractivity contribution in [1.29, 1.82) is 0 Å². The molecule has 150 valence electrons. The lowest BCUT2D eigenvalue weighted by Crippen LogP contribution is -2.53. The van der Waals surface area contributed by atoms with E-state index in [9.17, 15) is 14.4 Å². The van der Waals surface area contributed by atoms with Crippen LogP contribution in [0.3, 0.4) is 0 Å². The Morgan fingerprint density at radius 3 is 2.41 bits per heavy atom. The van der Waals surface area contributed by atoms with Gasteiger partial charge in [-0.3, -0.25) is 9.59 Å². The average Bonchev–Trinajstić information content (AvgIpc) is 2.77. The number of rotatable bonds is 3. The van der Waals surface area contributed by atoms with E-state index in [2.05, 4.69) is 10.6 Å². The van der Waals surface area contributed by atoms with Crippen molar-refractivity contribution in [2.45, 2.75) is 19.4 Å². The van der Waals surface area contributed by atoms with Crippen molar-refractivity contribution >= 4 is 23.5 Å². The minimum Gasteiger partial charge on any atom is -0.335 e. The quantitative estimate of drug-likeness (QED) is 0.841. The number of fused-ring (bicyclic) bond motifs is 1. The van der Waals surface area contributed by atoms with Gasteiger partial charge in [0.05, 0.1) is 0 Å². The normalized spacial score (nSPS) is 16.1. The van der Waals surface area contributed by atoms with Gasteiger partial charge in [0, 0.05) is 50.4 Å². The fraction of sp³-hybridized carbons (Fsp3) is 0.318. The molecule has 0 unspecified atom stereocenters. The van der Waals surface area contributed by atoms with Crippen molar-refractivity contribution in [3.63, 3.8) is 0 Å². The molecule has 0 spiro atoms. The molecule has 0 aromatic heterocycles. The van der Waals surface area contributed by atoms with E-state index >= 15 is 0 Å². The molecule has 0 aliphatic carbocycles. The molecule has 2 aliphatic heterocycles. The molecule has 7 nitrogen and oxygen atoms in total. The smallest absolute Gasteiger partial charge is 0.317 e. The van der Waals surface area contributed by atoms with E-state index in [1.165, 1.54) is 0 Å². The Morgan fingerprint density at radius 2 is 1.66 bits per heavy atom. The van der Waals surface area contributed by atoms with Gasteiger partial charge in [-0.2, -0.15) is 0 Å². The van der Waals surface area contributed by atoms with Gasteiger partial charge in [0.25, 0.3) is 5.91 Å². The molecule has 2 N–H and O–H groups in total. The highest BCUT2D eigenvalue weighted by molar-refractivity contribution is 5.98. The SMILES string of the molecule is O=C1CCc2cc(C(=O)N3CCN(C(=O)NCc4ccccc4)CC3)ccc2N1. The molecule has 0 radical (unpaired) electrons. The maximum atomic E-state index is 12.9. The van der Waals surface area contributed by atoms with Crippen LogP contribution in [0.4, 0.5) is 10.5 Å². The molecule has 7 heteroatoms. The largest absolute Gasteiger partial charge is 0.335 e. The van der Waals surface area contributed by atoms with Crippen LogP contribution in [0.5, 0.6) is 0 Å². The number of nitrogens with zero attached hydrogens (tertiary/aromatic N) is 2. The van der Waals surface area contributed by atoms with Crippen LogP contribution in [0, 0.1) is 0 Å². The van der Waals surface area contributed by atoms with Gasteiger partial charge < -0.3 is 20.4 Å². The second kappa shape index (κ2) is 8.34. The third-order valence-electron chi connectivity index (χ3n) is 5.39. The molecule has 2 aromatic rings. The fourth-order valence-corrected chi connectivity index (χ4v) is 3.70. The lowest BCUT2D eigenvalue weighted by molar-refractivity contribution is -0.116. The monoisotopic (exact) mass is 392 g/mol. The van der Waals surface area contributed by atoms with Crippen molar-refractivity contribution in [3.05, 3.63) is 65.2 Å². The first-order valence-corrected chi connectivity index (χ1v) is 9.89. The Bertz CT molecular complexity index is 921. The predicted octanol–water partition coefficient (Wildman–Crippen LogP) is 2.24. The molecule has 4 rings (SSSR count). The first-order chi connectivity index (χ1) is 14.1. The van der Waals surface area contributed by atoms with Crippen LogP contribution in [0.25, 0.3) is 0 Å². The second-order valence-corrected chi connectivity index (χ2v) is 7.34. The van der Waals surface area contributed by atoms with Crippen LogP contribution in [0.15, 0.2) is 48.5 Å². The Hall–Kier alpha value is -3.35. The summed E-state index contributed by atoms with van der Waals surface area (Å²) in [5, 5.41) is 5.76. The summed E-state index contributed by atoms with van der Waals surface area (Å²) in [6.07, 6.45) is 1.10. The Morgan fingerprint density at radius 1 is 0.931 bits per heavy atom. The van der Waals surface area contributed by atoms with Crippen LogP contribution in [0.2, 0.25) is 0 Å². The Kier molecular flexibility index (Phi) is 5.46. The highest BCUT2D eigenvalue weighted by atomic mass is 16.2. The number of anilines is 1. The van der Waals surface area contributed by atoms with Crippen LogP contribution in [-0.4, -0.2) is 53.8 Å². The molecule has 4 amide bonds. The molecule has 0 bridgehead atoms. The van der Waals surface area contributed by atoms with Crippen LogP contribution >= 0.6 is 0 Å². The van der Waals surface area contributed by atoms with Crippen LogP contribution in [-0.2, 0) is 17.8 Å². The van der Waals surface area contributed by atoms with Crippen molar-refractivity contribution in [2.75, 3.05) is 31.5 Å². The van der Waals surface area contributed by atoms with Gasteiger partial charge in [-0.25, -0.2) is 4.79 Å². The summed E-state index contributed by atoms with van der Waals surface area (Å²) >= 11 is 0. The molecule has 2 aliphatic rings. The molecule has 2 aromatic carbocycles. The third-order valence-corrected chi connectivity index (χ3v) is 5.39.